The summed E-state index contributed by atoms with van der Waals surface area (Å²) >= 11 is 1.38. The molecule has 5 heteroatoms. The number of Topliss-reactive ketones (excluding diaryl/α,β-unsaturated/α-hetero) is 1. The Bertz CT molecular complexity index is 657. The second-order valence-electron chi connectivity index (χ2n) is 4.72. The second-order valence-corrected chi connectivity index (χ2v) is 5.73. The standard InChI is InChI=1S/C16H15NO3S/c1-20-12-8-6-11(7-9-12)17-16(19)10-14(18)13-4-2-3-5-15(13)21-17/h2-9,16,19H,10H2,1H3. The topological polar surface area (TPSA) is 49.8 Å². The van der Waals surface area contributed by atoms with E-state index in [4.69, 9.17) is 4.74 Å². The van der Waals surface area contributed by atoms with Crippen molar-refractivity contribution in [3.63, 3.8) is 0 Å². The molecule has 4 nitrogen and oxygen atoms in total. The number of aliphatic hydroxyl groups excluding tert-OH is 1. The number of ether oxygens (including phenoxy) is 1. The molecule has 0 radical (unpaired) electrons. The molecule has 1 N–H and O–H groups in total. The van der Waals surface area contributed by atoms with Crippen LogP contribution >= 0.6 is 11.9 Å². The van der Waals surface area contributed by atoms with Crippen molar-refractivity contribution in [1.82, 2.24) is 0 Å². The molecule has 0 aromatic heterocycles. The van der Waals surface area contributed by atoms with Gasteiger partial charge in [0.05, 0.1) is 19.2 Å². The highest BCUT2D eigenvalue weighted by Gasteiger charge is 2.28. The van der Waals surface area contributed by atoms with Crippen molar-refractivity contribution in [3.05, 3.63) is 54.1 Å². The first-order chi connectivity index (χ1) is 10.2. The Morgan fingerprint density at radius 1 is 1.19 bits per heavy atom. The second kappa shape index (κ2) is 5.79. The molecule has 1 aliphatic heterocycles. The molecule has 0 fully saturated rings. The summed E-state index contributed by atoms with van der Waals surface area (Å²) in [6, 6.07) is 14.8. The van der Waals surface area contributed by atoms with E-state index in [1.807, 2.05) is 42.5 Å². The van der Waals surface area contributed by atoms with Crippen molar-refractivity contribution in [2.75, 3.05) is 11.4 Å². The van der Waals surface area contributed by atoms with Crippen LogP contribution in [0.15, 0.2) is 53.4 Å². The van der Waals surface area contributed by atoms with Gasteiger partial charge in [0.2, 0.25) is 0 Å². The fourth-order valence-corrected chi connectivity index (χ4v) is 3.31. The summed E-state index contributed by atoms with van der Waals surface area (Å²) in [4.78, 5) is 13.0. The SMILES string of the molecule is COc1ccc(N2Sc3ccccc3C(=O)CC2O)cc1. The van der Waals surface area contributed by atoms with Gasteiger partial charge in [0.1, 0.15) is 12.0 Å². The minimum absolute atomic E-state index is 0.0402. The van der Waals surface area contributed by atoms with E-state index >= 15 is 0 Å². The van der Waals surface area contributed by atoms with E-state index in [1.54, 1.807) is 17.5 Å². The lowest BCUT2D eigenvalue weighted by Gasteiger charge is -2.26. The molecular weight excluding hydrogens is 286 g/mol. The number of benzene rings is 2. The van der Waals surface area contributed by atoms with E-state index in [1.165, 1.54) is 11.9 Å². The van der Waals surface area contributed by atoms with Gasteiger partial charge < -0.3 is 9.84 Å². The maximum absolute atomic E-state index is 12.2. The third kappa shape index (κ3) is 2.75. The number of rotatable bonds is 2. The van der Waals surface area contributed by atoms with Gasteiger partial charge in [-0.3, -0.25) is 9.10 Å². The summed E-state index contributed by atoms with van der Waals surface area (Å²) in [6.07, 6.45) is -0.779. The highest BCUT2D eigenvalue weighted by Crippen LogP contribution is 2.37. The van der Waals surface area contributed by atoms with Crippen LogP contribution < -0.4 is 9.04 Å². The number of methoxy groups -OCH3 is 1. The molecule has 21 heavy (non-hydrogen) atoms. The Labute approximate surface area is 127 Å². The van der Waals surface area contributed by atoms with Crippen LogP contribution in [0, 0.1) is 0 Å². The Hall–Kier alpha value is -1.98. The van der Waals surface area contributed by atoms with Crippen LogP contribution in [0.1, 0.15) is 16.8 Å². The van der Waals surface area contributed by atoms with E-state index in [-0.39, 0.29) is 12.2 Å². The van der Waals surface area contributed by atoms with E-state index < -0.39 is 6.23 Å². The number of carbonyl (C=O) groups is 1. The summed E-state index contributed by atoms with van der Waals surface area (Å²) in [7, 11) is 1.61. The fraction of sp³-hybridized carbons (Fsp3) is 0.188. The Morgan fingerprint density at radius 3 is 2.62 bits per heavy atom. The van der Waals surface area contributed by atoms with Gasteiger partial charge in [0.25, 0.3) is 0 Å². The molecule has 108 valence electrons. The number of hydrogen-bond donors (Lipinski definition) is 1. The zero-order valence-corrected chi connectivity index (χ0v) is 12.3. The van der Waals surface area contributed by atoms with Crippen molar-refractivity contribution in [2.24, 2.45) is 0 Å². The van der Waals surface area contributed by atoms with Gasteiger partial charge in [-0.1, -0.05) is 18.2 Å². The molecule has 0 saturated carbocycles. The quantitative estimate of drug-likeness (QED) is 0.864. The van der Waals surface area contributed by atoms with Crippen LogP contribution in [0.4, 0.5) is 5.69 Å². The Kier molecular flexibility index (Phi) is 3.86. The summed E-state index contributed by atoms with van der Waals surface area (Å²) in [5.41, 5.74) is 1.50. The van der Waals surface area contributed by atoms with Crippen LogP contribution in [0.25, 0.3) is 0 Å². The summed E-state index contributed by atoms with van der Waals surface area (Å²) in [6.45, 7) is 0. The number of carbonyl (C=O) groups excluding carboxylic acids is 1. The van der Waals surface area contributed by atoms with E-state index in [0.29, 0.717) is 5.56 Å². The maximum Gasteiger partial charge on any atom is 0.168 e. The number of anilines is 1. The van der Waals surface area contributed by atoms with Gasteiger partial charge in [0.15, 0.2) is 5.78 Å². The van der Waals surface area contributed by atoms with Crippen molar-refractivity contribution in [2.45, 2.75) is 17.5 Å². The van der Waals surface area contributed by atoms with Gasteiger partial charge in [-0.25, -0.2) is 0 Å². The zero-order valence-electron chi connectivity index (χ0n) is 11.5. The fourth-order valence-electron chi connectivity index (χ4n) is 2.26. The number of aliphatic hydroxyl groups is 1. The Morgan fingerprint density at radius 2 is 1.90 bits per heavy atom. The summed E-state index contributed by atoms with van der Waals surface area (Å²) < 4.78 is 6.89. The minimum atomic E-state index is -0.858. The molecule has 0 spiro atoms. The minimum Gasteiger partial charge on any atom is -0.497 e. The summed E-state index contributed by atoms with van der Waals surface area (Å²) in [5.74, 6) is 0.714. The predicted molar refractivity (Wildman–Crippen MR) is 82.7 cm³/mol. The number of nitrogens with zero attached hydrogens (tertiary/aromatic N) is 1. The average molecular weight is 301 g/mol. The molecule has 1 heterocycles. The smallest absolute Gasteiger partial charge is 0.168 e. The molecule has 0 aliphatic carbocycles. The molecule has 1 atom stereocenters. The van der Waals surface area contributed by atoms with Gasteiger partial charge in [0, 0.05) is 10.5 Å². The van der Waals surface area contributed by atoms with Crippen LogP contribution in [-0.4, -0.2) is 24.2 Å². The largest absolute Gasteiger partial charge is 0.497 e. The predicted octanol–water partition coefficient (Wildman–Crippen LogP) is 3.11. The lowest BCUT2D eigenvalue weighted by atomic mass is 10.1. The highest BCUT2D eigenvalue weighted by molar-refractivity contribution is 8.00. The zero-order chi connectivity index (χ0) is 14.8. The highest BCUT2D eigenvalue weighted by atomic mass is 32.2. The molecule has 1 unspecified atom stereocenters. The van der Waals surface area contributed by atoms with Gasteiger partial charge in [-0.2, -0.15) is 0 Å². The number of hydrogen-bond acceptors (Lipinski definition) is 5. The van der Waals surface area contributed by atoms with Crippen LogP contribution in [0.5, 0.6) is 5.75 Å². The van der Waals surface area contributed by atoms with Crippen molar-refractivity contribution in [3.8, 4) is 5.75 Å². The molecular formula is C16H15NO3S. The van der Waals surface area contributed by atoms with Crippen molar-refractivity contribution < 1.29 is 14.6 Å². The van der Waals surface area contributed by atoms with Crippen molar-refractivity contribution >= 4 is 23.4 Å². The summed E-state index contributed by atoms with van der Waals surface area (Å²) in [5, 5.41) is 10.3. The van der Waals surface area contributed by atoms with Gasteiger partial charge in [-0.05, 0) is 42.3 Å². The molecule has 0 amide bonds. The monoisotopic (exact) mass is 301 g/mol. The number of ketones is 1. The molecule has 0 bridgehead atoms. The van der Waals surface area contributed by atoms with Gasteiger partial charge in [-0.15, -0.1) is 0 Å². The molecule has 3 rings (SSSR count). The van der Waals surface area contributed by atoms with E-state index in [0.717, 1.165) is 16.3 Å². The third-order valence-corrected chi connectivity index (χ3v) is 4.55. The molecule has 2 aromatic carbocycles. The van der Waals surface area contributed by atoms with Crippen LogP contribution in [0.2, 0.25) is 0 Å². The normalized spacial score (nSPS) is 18.1. The lowest BCUT2D eigenvalue weighted by Crippen LogP contribution is -2.29. The third-order valence-electron chi connectivity index (χ3n) is 3.35. The van der Waals surface area contributed by atoms with Crippen LogP contribution in [0.3, 0.4) is 0 Å². The first-order valence-corrected chi connectivity index (χ1v) is 7.38. The first-order valence-electron chi connectivity index (χ1n) is 6.60. The van der Waals surface area contributed by atoms with Crippen molar-refractivity contribution in [1.29, 1.82) is 0 Å². The van der Waals surface area contributed by atoms with Crippen LogP contribution in [-0.2, 0) is 0 Å². The molecule has 1 aliphatic rings. The van der Waals surface area contributed by atoms with E-state index in [2.05, 4.69) is 0 Å². The maximum atomic E-state index is 12.2. The first kappa shape index (κ1) is 14.0. The Balaban J connectivity index is 1.96. The lowest BCUT2D eigenvalue weighted by molar-refractivity contribution is 0.0897. The van der Waals surface area contributed by atoms with Gasteiger partial charge >= 0.3 is 0 Å². The number of fused-ring (bicyclic) bond motifs is 1. The average Bonchev–Trinajstić information content (AvgIpc) is 2.64. The van der Waals surface area contributed by atoms with E-state index in [9.17, 15) is 9.90 Å². The molecule has 0 saturated heterocycles. The molecule has 2 aromatic rings.